The van der Waals surface area contributed by atoms with Gasteiger partial charge in [0.05, 0.1) is 24.8 Å². The predicted octanol–water partition coefficient (Wildman–Crippen LogP) is 1.47. The fraction of sp³-hybridized carbons (Fsp3) is 0.647. The Morgan fingerprint density at radius 1 is 1.44 bits per heavy atom. The van der Waals surface area contributed by atoms with Crippen molar-refractivity contribution in [3.63, 3.8) is 0 Å². The molecule has 8 heteroatoms. The Hall–Kier alpha value is -2.24. The lowest BCUT2D eigenvalue weighted by atomic mass is 10.2. The number of rotatable bonds is 7. The quantitative estimate of drug-likeness (QED) is 0.752. The molecule has 134 valence electrons. The van der Waals surface area contributed by atoms with Crippen molar-refractivity contribution in [1.29, 1.82) is 5.26 Å². The normalized spacial score (nSPS) is 18.3. The van der Waals surface area contributed by atoms with Crippen LogP contribution in [0.5, 0.6) is 0 Å². The zero-order chi connectivity index (χ0) is 17.8. The van der Waals surface area contributed by atoms with Gasteiger partial charge in [-0.1, -0.05) is 19.0 Å². The fourth-order valence-corrected chi connectivity index (χ4v) is 3.08. The van der Waals surface area contributed by atoms with E-state index in [9.17, 15) is 0 Å². The molecule has 0 bridgehead atoms. The van der Waals surface area contributed by atoms with Gasteiger partial charge in [-0.25, -0.2) is 0 Å². The lowest BCUT2D eigenvalue weighted by Gasteiger charge is -2.23. The van der Waals surface area contributed by atoms with Gasteiger partial charge in [0.1, 0.15) is 6.07 Å². The Bertz CT molecular complexity index is 729. The average Bonchev–Trinajstić information content (AvgIpc) is 3.33. The van der Waals surface area contributed by atoms with Gasteiger partial charge in [-0.05, 0) is 20.0 Å². The maximum atomic E-state index is 8.84. The molecule has 0 unspecified atom stereocenters. The van der Waals surface area contributed by atoms with E-state index in [-0.39, 0.29) is 5.92 Å². The molecule has 2 aromatic heterocycles. The van der Waals surface area contributed by atoms with Crippen LogP contribution < -0.4 is 0 Å². The largest absolute Gasteiger partial charge is 0.339 e. The van der Waals surface area contributed by atoms with Crippen molar-refractivity contribution >= 4 is 0 Å². The molecule has 8 nitrogen and oxygen atoms in total. The van der Waals surface area contributed by atoms with Crippen LogP contribution in [0.25, 0.3) is 0 Å². The molecule has 1 atom stereocenters. The summed E-state index contributed by atoms with van der Waals surface area (Å²) in [5, 5.41) is 17.1. The number of hydrogen-bond donors (Lipinski definition) is 0. The van der Waals surface area contributed by atoms with E-state index in [1.165, 1.54) is 0 Å². The second kappa shape index (κ2) is 7.76. The third-order valence-electron chi connectivity index (χ3n) is 4.65. The van der Waals surface area contributed by atoms with Crippen LogP contribution in [0, 0.1) is 11.3 Å². The van der Waals surface area contributed by atoms with Crippen LogP contribution in [-0.2, 0) is 13.1 Å². The van der Waals surface area contributed by atoms with E-state index in [4.69, 9.17) is 9.78 Å². The first kappa shape index (κ1) is 17.6. The van der Waals surface area contributed by atoms with Gasteiger partial charge in [-0.2, -0.15) is 15.3 Å². The summed E-state index contributed by atoms with van der Waals surface area (Å²) in [5.41, 5.74) is 0.611. The van der Waals surface area contributed by atoms with Gasteiger partial charge in [-0.3, -0.25) is 14.5 Å². The number of aromatic nitrogens is 4. The summed E-state index contributed by atoms with van der Waals surface area (Å²) in [5.74, 6) is 1.72. The molecule has 3 rings (SSSR count). The van der Waals surface area contributed by atoms with Crippen molar-refractivity contribution in [2.24, 2.45) is 0 Å². The number of likely N-dealkylation sites (N-methyl/N-ethyl adjacent to an activating group) is 1. The van der Waals surface area contributed by atoms with Crippen LogP contribution in [0.4, 0.5) is 0 Å². The Morgan fingerprint density at radius 2 is 2.28 bits per heavy atom. The SMILES string of the molecule is CC(C)c1nc(CN(C)[C@H]2CCN(CCn3cc(C#N)cn3)C2)no1. The lowest BCUT2D eigenvalue weighted by Crippen LogP contribution is -2.35. The Morgan fingerprint density at radius 3 is 2.96 bits per heavy atom. The van der Waals surface area contributed by atoms with Gasteiger partial charge in [0.2, 0.25) is 5.89 Å². The van der Waals surface area contributed by atoms with Gasteiger partial charge >= 0.3 is 0 Å². The maximum Gasteiger partial charge on any atom is 0.229 e. The van der Waals surface area contributed by atoms with Crippen LogP contribution in [0.2, 0.25) is 0 Å². The summed E-state index contributed by atoms with van der Waals surface area (Å²) < 4.78 is 7.11. The van der Waals surface area contributed by atoms with Crippen LogP contribution in [0.3, 0.4) is 0 Å². The van der Waals surface area contributed by atoms with Crippen molar-refractivity contribution in [3.8, 4) is 6.07 Å². The van der Waals surface area contributed by atoms with E-state index in [1.807, 2.05) is 4.68 Å². The molecule has 2 aromatic rings. The molecular weight excluding hydrogens is 318 g/mol. The van der Waals surface area contributed by atoms with Crippen LogP contribution >= 0.6 is 0 Å². The van der Waals surface area contributed by atoms with Gasteiger partial charge in [0, 0.05) is 31.2 Å². The van der Waals surface area contributed by atoms with Crippen LogP contribution in [-0.4, -0.2) is 62.4 Å². The van der Waals surface area contributed by atoms with E-state index < -0.39 is 0 Å². The van der Waals surface area contributed by atoms with Crippen molar-refractivity contribution in [1.82, 2.24) is 29.7 Å². The minimum Gasteiger partial charge on any atom is -0.339 e. The van der Waals surface area contributed by atoms with E-state index in [1.54, 1.807) is 12.4 Å². The average molecular weight is 343 g/mol. The highest BCUT2D eigenvalue weighted by Gasteiger charge is 2.26. The third-order valence-corrected chi connectivity index (χ3v) is 4.65. The highest BCUT2D eigenvalue weighted by molar-refractivity contribution is 5.21. The summed E-state index contributed by atoms with van der Waals surface area (Å²) in [7, 11) is 2.12. The summed E-state index contributed by atoms with van der Waals surface area (Å²) in [6, 6.07) is 2.60. The molecule has 0 N–H and O–H groups in total. The summed E-state index contributed by atoms with van der Waals surface area (Å²) in [6.45, 7) is 8.66. The molecule has 0 aromatic carbocycles. The minimum absolute atomic E-state index is 0.261. The van der Waals surface area contributed by atoms with Crippen molar-refractivity contribution < 1.29 is 4.52 Å². The predicted molar refractivity (Wildman–Crippen MR) is 91.6 cm³/mol. The number of hydrogen-bond acceptors (Lipinski definition) is 7. The first-order valence-electron chi connectivity index (χ1n) is 8.72. The molecule has 0 radical (unpaired) electrons. The smallest absolute Gasteiger partial charge is 0.229 e. The van der Waals surface area contributed by atoms with Crippen molar-refractivity contribution in [2.45, 2.75) is 45.3 Å². The second-order valence-electron chi connectivity index (χ2n) is 6.97. The molecule has 1 saturated heterocycles. The van der Waals surface area contributed by atoms with Crippen molar-refractivity contribution in [3.05, 3.63) is 29.7 Å². The Kier molecular flexibility index (Phi) is 5.46. The molecule has 0 aliphatic carbocycles. The number of nitrogens with zero attached hydrogens (tertiary/aromatic N) is 7. The van der Waals surface area contributed by atoms with Crippen molar-refractivity contribution in [2.75, 3.05) is 26.7 Å². The summed E-state index contributed by atoms with van der Waals surface area (Å²) in [4.78, 5) is 9.19. The lowest BCUT2D eigenvalue weighted by molar-refractivity contribution is 0.215. The van der Waals surface area contributed by atoms with E-state index in [2.05, 4.69) is 52.0 Å². The van der Waals surface area contributed by atoms with Gasteiger partial charge < -0.3 is 4.52 Å². The first-order chi connectivity index (χ1) is 12.0. The van der Waals surface area contributed by atoms with Crippen LogP contribution in [0.1, 0.15) is 43.5 Å². The van der Waals surface area contributed by atoms with E-state index in [0.717, 1.165) is 38.4 Å². The molecular formula is C17H25N7O. The molecule has 1 aliphatic rings. The van der Waals surface area contributed by atoms with Crippen LogP contribution in [0.15, 0.2) is 16.9 Å². The van der Waals surface area contributed by atoms with Gasteiger partial charge in [0.25, 0.3) is 0 Å². The number of likely N-dealkylation sites (tertiary alicyclic amines) is 1. The molecule has 0 amide bonds. The monoisotopic (exact) mass is 343 g/mol. The highest BCUT2D eigenvalue weighted by atomic mass is 16.5. The third kappa shape index (κ3) is 4.44. The fourth-order valence-electron chi connectivity index (χ4n) is 3.08. The standard InChI is InChI=1S/C17H25N7O/c1-13(2)17-20-16(21-25-17)12-22(3)15-4-5-23(11-15)6-7-24-10-14(8-18)9-19-24/h9-10,13,15H,4-7,11-12H2,1-3H3/t15-/m0/s1. The van der Waals surface area contributed by atoms with E-state index in [0.29, 0.717) is 24.0 Å². The van der Waals surface area contributed by atoms with Gasteiger partial charge in [-0.15, -0.1) is 0 Å². The highest BCUT2D eigenvalue weighted by Crippen LogP contribution is 2.17. The maximum absolute atomic E-state index is 8.84. The Balaban J connectivity index is 1.45. The molecule has 25 heavy (non-hydrogen) atoms. The molecule has 1 fully saturated rings. The molecule has 1 aliphatic heterocycles. The second-order valence-corrected chi connectivity index (χ2v) is 6.97. The first-order valence-corrected chi connectivity index (χ1v) is 8.72. The molecule has 3 heterocycles. The van der Waals surface area contributed by atoms with E-state index >= 15 is 0 Å². The topological polar surface area (TPSA) is 87.0 Å². The molecule has 0 spiro atoms. The summed E-state index contributed by atoms with van der Waals surface area (Å²) in [6.07, 6.45) is 4.53. The molecule has 0 saturated carbocycles. The minimum atomic E-state index is 0.261. The number of nitriles is 1. The zero-order valence-electron chi connectivity index (χ0n) is 15.1. The summed E-state index contributed by atoms with van der Waals surface area (Å²) >= 11 is 0. The van der Waals surface area contributed by atoms with Gasteiger partial charge in [0.15, 0.2) is 5.82 Å². The zero-order valence-corrected chi connectivity index (χ0v) is 15.1. The Labute approximate surface area is 148 Å².